The number of carbonyl (C=O) groups excluding carboxylic acids is 3. The summed E-state index contributed by atoms with van der Waals surface area (Å²) in [6.45, 7) is 5.96. The van der Waals surface area contributed by atoms with Gasteiger partial charge < -0.3 is 9.13 Å². The summed E-state index contributed by atoms with van der Waals surface area (Å²) >= 11 is 0. The van der Waals surface area contributed by atoms with Crippen LogP contribution >= 0.6 is 0 Å². The number of hydrogen-bond donors (Lipinski definition) is 0. The summed E-state index contributed by atoms with van der Waals surface area (Å²) in [4.78, 5) is 43.3. The van der Waals surface area contributed by atoms with Gasteiger partial charge in [0.15, 0.2) is 0 Å². The van der Waals surface area contributed by atoms with E-state index < -0.39 is 23.3 Å². The van der Waals surface area contributed by atoms with Gasteiger partial charge in [-0.15, -0.1) is 0 Å². The maximum absolute atomic E-state index is 14.0. The highest BCUT2D eigenvalue weighted by molar-refractivity contribution is 6.13. The molecule has 4 aromatic carbocycles. The average molecular weight is 647 g/mol. The Morgan fingerprint density at radius 2 is 1.02 bits per heavy atom. The molecule has 2 atom stereocenters. The van der Waals surface area contributed by atoms with Crippen molar-refractivity contribution < 1.29 is 14.4 Å². The van der Waals surface area contributed by atoms with Crippen molar-refractivity contribution in [1.29, 1.82) is 0 Å². The number of hydrogen-bond acceptors (Lipinski definition) is 3. The first kappa shape index (κ1) is 29.7. The Balaban J connectivity index is 1.27. The molecule has 0 radical (unpaired) electrons. The minimum Gasteiger partial charge on any atom is -0.341 e. The fraction of sp³-hybridized carbons (Fsp3) is 0.262. The zero-order valence-electron chi connectivity index (χ0n) is 28.2. The van der Waals surface area contributed by atoms with Crippen LogP contribution in [0.4, 0.5) is 4.79 Å². The molecule has 3 aliphatic rings. The van der Waals surface area contributed by atoms with E-state index in [4.69, 9.17) is 0 Å². The van der Waals surface area contributed by atoms with Gasteiger partial charge >= 0.3 is 6.03 Å². The maximum Gasteiger partial charge on any atom is 0.332 e. The Morgan fingerprint density at radius 1 is 0.612 bits per heavy atom. The quantitative estimate of drug-likeness (QED) is 0.218. The number of benzene rings is 4. The second-order valence-corrected chi connectivity index (χ2v) is 13.7. The number of urea groups is 1. The van der Waals surface area contributed by atoms with Crippen LogP contribution in [-0.4, -0.2) is 50.9 Å². The van der Waals surface area contributed by atoms with Crippen molar-refractivity contribution in [2.75, 3.05) is 14.1 Å². The molecule has 49 heavy (non-hydrogen) atoms. The zero-order chi connectivity index (χ0) is 33.8. The van der Waals surface area contributed by atoms with Gasteiger partial charge in [0.1, 0.15) is 0 Å². The van der Waals surface area contributed by atoms with Gasteiger partial charge in [-0.25, -0.2) is 4.79 Å². The molecule has 4 amide bonds. The Labute approximate surface area is 284 Å². The normalized spacial score (nSPS) is 25.2. The largest absolute Gasteiger partial charge is 0.341 e. The van der Waals surface area contributed by atoms with Crippen LogP contribution in [0.2, 0.25) is 0 Å². The van der Waals surface area contributed by atoms with Crippen LogP contribution in [0, 0.1) is 17.3 Å². The first-order chi connectivity index (χ1) is 23.8. The van der Waals surface area contributed by atoms with Crippen LogP contribution in [-0.2, 0) is 22.7 Å². The summed E-state index contributed by atoms with van der Waals surface area (Å²) < 4.78 is 4.69. The Morgan fingerprint density at radius 3 is 1.43 bits per heavy atom. The lowest BCUT2D eigenvalue weighted by molar-refractivity contribution is -0.129. The minimum atomic E-state index is -0.769. The van der Waals surface area contributed by atoms with Crippen LogP contribution in [0.3, 0.4) is 0 Å². The monoisotopic (exact) mass is 646 g/mol. The fourth-order valence-corrected chi connectivity index (χ4v) is 9.49. The minimum absolute atomic E-state index is 0.284. The van der Waals surface area contributed by atoms with E-state index in [1.165, 1.54) is 57.4 Å². The first-order valence-corrected chi connectivity index (χ1v) is 17.3. The Kier molecular flexibility index (Phi) is 6.38. The Bertz CT molecular complexity index is 2410. The number of amides is 4. The van der Waals surface area contributed by atoms with E-state index in [2.05, 4.69) is 120 Å². The highest BCUT2D eigenvalue weighted by Gasteiger charge is 2.77. The molecule has 2 aliphatic carbocycles. The van der Waals surface area contributed by atoms with Crippen LogP contribution in [0.15, 0.2) is 96.1 Å². The van der Waals surface area contributed by atoms with E-state index in [1.54, 1.807) is 0 Å². The molecule has 7 heteroatoms. The molecule has 9 rings (SSSR count). The molecule has 3 heterocycles. The predicted molar refractivity (Wildman–Crippen MR) is 195 cm³/mol. The second kappa shape index (κ2) is 10.5. The summed E-state index contributed by atoms with van der Waals surface area (Å²) in [6.07, 6.45) is 10.2. The van der Waals surface area contributed by atoms with Gasteiger partial charge in [0.25, 0.3) is 0 Å². The van der Waals surface area contributed by atoms with Gasteiger partial charge in [0, 0.05) is 75.9 Å². The number of allylic oxidation sites excluding steroid dienone is 4. The van der Waals surface area contributed by atoms with Crippen molar-refractivity contribution in [3.05, 3.63) is 107 Å². The van der Waals surface area contributed by atoms with E-state index in [0.717, 1.165) is 57.6 Å². The van der Waals surface area contributed by atoms with E-state index in [9.17, 15) is 14.4 Å². The number of aryl methyl sites for hydroxylation is 2. The molecule has 1 aliphatic heterocycles. The molecule has 0 bridgehead atoms. The number of imide groups is 2. The predicted octanol–water partition coefficient (Wildman–Crippen LogP) is 6.57. The summed E-state index contributed by atoms with van der Waals surface area (Å²) in [6, 6.07) is 25.2. The van der Waals surface area contributed by atoms with Crippen molar-refractivity contribution in [3.63, 3.8) is 0 Å². The van der Waals surface area contributed by atoms with Gasteiger partial charge in [0.05, 0.1) is 11.8 Å². The number of aromatic nitrogens is 2. The highest BCUT2D eigenvalue weighted by Crippen LogP contribution is 2.73. The number of nitrogens with zero attached hydrogens (tertiary/aromatic N) is 4. The van der Waals surface area contributed by atoms with Gasteiger partial charge in [-0.05, 0) is 61.7 Å². The Hall–Kier alpha value is -5.43. The summed E-state index contributed by atoms with van der Waals surface area (Å²) in [5, 5.41) is 9.55. The molecule has 6 aromatic rings. The topological polar surface area (TPSA) is 67.6 Å². The summed E-state index contributed by atoms with van der Waals surface area (Å²) in [5.74, 6) is -1.80. The third-order valence-corrected chi connectivity index (χ3v) is 11.7. The van der Waals surface area contributed by atoms with Gasteiger partial charge in [-0.3, -0.25) is 19.4 Å². The number of carbonyl (C=O) groups is 3. The van der Waals surface area contributed by atoms with Gasteiger partial charge in [-0.2, -0.15) is 0 Å². The molecule has 244 valence electrons. The molecule has 1 spiro atoms. The van der Waals surface area contributed by atoms with Crippen molar-refractivity contribution in [2.45, 2.75) is 39.8 Å². The number of rotatable bonds is 4. The summed E-state index contributed by atoms with van der Waals surface area (Å²) in [7, 11) is 3.00. The van der Waals surface area contributed by atoms with Gasteiger partial charge in [-0.1, -0.05) is 84.0 Å². The molecule has 0 N–H and O–H groups in total. The van der Waals surface area contributed by atoms with Crippen LogP contribution in [0.1, 0.15) is 26.7 Å². The molecule has 2 aromatic heterocycles. The molecule has 7 nitrogen and oxygen atoms in total. The lowest BCUT2D eigenvalue weighted by atomic mass is 9.88. The smallest absolute Gasteiger partial charge is 0.332 e. The fourth-order valence-electron chi connectivity index (χ4n) is 9.49. The maximum atomic E-state index is 14.0. The first-order valence-electron chi connectivity index (χ1n) is 17.3. The standard InChI is InChI=1S/C42H38N4O3/c1-5-45-31(29-15-7-11-25-13-9-17-33(45)35(25)29)23-21-27-19-20-28(42(27)37-38(42)40(48)44(4)41(49)43(3)39(37)47)22-24-32-30-16-8-12-26-14-10-18-34(36(26)30)46(32)6-2/h7-18,21-24,37-38H,5-6,19-20H2,1-4H3/b27-21-,28-22-,31-23-,32-24-. The van der Waals surface area contributed by atoms with E-state index >= 15 is 0 Å². The lowest BCUT2D eigenvalue weighted by Crippen LogP contribution is -2.44. The van der Waals surface area contributed by atoms with Crippen LogP contribution in [0.5, 0.6) is 0 Å². The van der Waals surface area contributed by atoms with Crippen LogP contribution in [0.25, 0.3) is 55.5 Å². The van der Waals surface area contributed by atoms with E-state index in [1.807, 2.05) is 0 Å². The van der Waals surface area contributed by atoms with Crippen LogP contribution < -0.4 is 10.7 Å². The molecule has 1 saturated heterocycles. The molecular weight excluding hydrogens is 608 g/mol. The summed E-state index contributed by atoms with van der Waals surface area (Å²) in [5.41, 5.74) is 3.80. The van der Waals surface area contributed by atoms with Crippen molar-refractivity contribution in [2.24, 2.45) is 17.3 Å². The second-order valence-electron chi connectivity index (χ2n) is 13.7. The molecular formula is C42H38N4O3. The number of fused-ring (bicyclic) bond motifs is 3. The van der Waals surface area contributed by atoms with E-state index in [0.29, 0.717) is 0 Å². The van der Waals surface area contributed by atoms with Crippen molar-refractivity contribution in [1.82, 2.24) is 18.9 Å². The van der Waals surface area contributed by atoms with E-state index in [-0.39, 0.29) is 11.8 Å². The van der Waals surface area contributed by atoms with Gasteiger partial charge in [0.2, 0.25) is 11.8 Å². The molecule has 3 fully saturated rings. The highest BCUT2D eigenvalue weighted by atomic mass is 16.2. The van der Waals surface area contributed by atoms with Crippen molar-refractivity contribution >= 4 is 73.3 Å². The lowest BCUT2D eigenvalue weighted by Gasteiger charge is -2.24. The third kappa shape index (κ3) is 3.81. The SMILES string of the molecule is CCn1/c(=C\C=C2\CC/C(=C/C=c3/c4cccc5cccc(c54)n3CC)C23C2C(=O)N(C)C(=O)N(C)C(=O)C23)c2cccc3cccc1c32. The zero-order valence-corrected chi connectivity index (χ0v) is 28.2. The van der Waals surface area contributed by atoms with Crippen molar-refractivity contribution in [3.8, 4) is 0 Å². The molecule has 2 saturated carbocycles. The average Bonchev–Trinajstić information content (AvgIpc) is 3.35. The third-order valence-electron chi connectivity index (χ3n) is 11.7. The molecule has 2 unspecified atom stereocenters.